The van der Waals surface area contributed by atoms with Crippen molar-refractivity contribution in [3.8, 4) is 0 Å². The maximum atomic E-state index is 12.8. The van der Waals surface area contributed by atoms with E-state index in [1.165, 1.54) is 25.1 Å². The summed E-state index contributed by atoms with van der Waals surface area (Å²) in [6.45, 7) is 1.40. The molecule has 0 aliphatic carbocycles. The van der Waals surface area contributed by atoms with E-state index in [1.54, 1.807) is 0 Å². The fourth-order valence-electron chi connectivity index (χ4n) is 2.19. The second-order valence-electron chi connectivity index (χ2n) is 5.31. The molecule has 0 fully saturated rings. The van der Waals surface area contributed by atoms with Crippen LogP contribution in [0.25, 0.3) is 0 Å². The standard InChI is InChI=1S/C16H11ClF3N3O3S/c1-8-10(3-2-4-13(8)23(25)26)14(24)22-15(27)21-12-7-9(16(18,19)20)5-6-11(12)17/h2-7H,1H3,(H2,21,22,24,27). The normalized spacial score (nSPS) is 11.0. The van der Waals surface area contributed by atoms with Crippen molar-refractivity contribution in [3.63, 3.8) is 0 Å². The maximum Gasteiger partial charge on any atom is 0.416 e. The van der Waals surface area contributed by atoms with Crippen molar-refractivity contribution in [1.82, 2.24) is 5.32 Å². The molecule has 0 heterocycles. The molecule has 27 heavy (non-hydrogen) atoms. The fourth-order valence-corrected chi connectivity index (χ4v) is 2.56. The van der Waals surface area contributed by atoms with Crippen LogP contribution in [-0.4, -0.2) is 15.9 Å². The number of hydrogen-bond donors (Lipinski definition) is 2. The van der Waals surface area contributed by atoms with E-state index in [4.69, 9.17) is 23.8 Å². The van der Waals surface area contributed by atoms with E-state index in [2.05, 4.69) is 10.6 Å². The molecule has 142 valence electrons. The lowest BCUT2D eigenvalue weighted by Gasteiger charge is -2.14. The van der Waals surface area contributed by atoms with Crippen LogP contribution in [0.1, 0.15) is 21.5 Å². The first-order chi connectivity index (χ1) is 12.5. The van der Waals surface area contributed by atoms with Crippen LogP contribution in [0.4, 0.5) is 24.5 Å². The summed E-state index contributed by atoms with van der Waals surface area (Å²) in [7, 11) is 0. The van der Waals surface area contributed by atoms with E-state index in [1.807, 2.05) is 0 Å². The van der Waals surface area contributed by atoms with Gasteiger partial charge < -0.3 is 5.32 Å². The van der Waals surface area contributed by atoms with Gasteiger partial charge in [0.15, 0.2) is 5.11 Å². The predicted octanol–water partition coefficient (Wildman–Crippen LogP) is 4.70. The minimum Gasteiger partial charge on any atom is -0.331 e. The molecule has 6 nitrogen and oxygen atoms in total. The van der Waals surface area contributed by atoms with Gasteiger partial charge in [0.25, 0.3) is 11.6 Å². The van der Waals surface area contributed by atoms with Crippen LogP contribution in [0, 0.1) is 17.0 Å². The smallest absolute Gasteiger partial charge is 0.331 e. The van der Waals surface area contributed by atoms with E-state index < -0.39 is 22.6 Å². The summed E-state index contributed by atoms with van der Waals surface area (Å²) in [5.74, 6) is -0.753. The Kier molecular flexibility index (Phi) is 6.01. The van der Waals surface area contributed by atoms with Crippen LogP contribution in [0.3, 0.4) is 0 Å². The number of hydrogen-bond acceptors (Lipinski definition) is 4. The Morgan fingerprint density at radius 2 is 1.93 bits per heavy atom. The summed E-state index contributed by atoms with van der Waals surface area (Å²) < 4.78 is 38.4. The summed E-state index contributed by atoms with van der Waals surface area (Å²) in [5.41, 5.74) is -1.21. The fraction of sp³-hybridized carbons (Fsp3) is 0.125. The zero-order chi connectivity index (χ0) is 20.4. The molecule has 11 heteroatoms. The Hall–Kier alpha value is -2.72. The lowest BCUT2D eigenvalue weighted by atomic mass is 10.1. The van der Waals surface area contributed by atoms with Crippen LogP contribution < -0.4 is 10.6 Å². The first kappa shape index (κ1) is 20.6. The van der Waals surface area contributed by atoms with Crippen molar-refractivity contribution >= 4 is 46.2 Å². The van der Waals surface area contributed by atoms with E-state index in [-0.39, 0.29) is 32.6 Å². The van der Waals surface area contributed by atoms with E-state index in [0.717, 1.165) is 18.2 Å². The van der Waals surface area contributed by atoms with E-state index in [0.29, 0.717) is 0 Å². The third-order valence-electron chi connectivity index (χ3n) is 3.52. The van der Waals surface area contributed by atoms with Crippen LogP contribution in [0.5, 0.6) is 0 Å². The topological polar surface area (TPSA) is 84.3 Å². The number of halogens is 4. The molecule has 1 amide bonds. The number of thiocarbonyl (C=S) groups is 1. The van der Waals surface area contributed by atoms with Gasteiger partial charge in [0, 0.05) is 17.2 Å². The van der Waals surface area contributed by atoms with Gasteiger partial charge in [-0.25, -0.2) is 0 Å². The highest BCUT2D eigenvalue weighted by molar-refractivity contribution is 7.80. The maximum absolute atomic E-state index is 12.8. The monoisotopic (exact) mass is 417 g/mol. The van der Waals surface area contributed by atoms with Gasteiger partial charge in [-0.3, -0.25) is 20.2 Å². The van der Waals surface area contributed by atoms with Crippen LogP contribution in [-0.2, 0) is 6.18 Å². The van der Waals surface area contributed by atoms with Crippen molar-refractivity contribution in [1.29, 1.82) is 0 Å². The van der Waals surface area contributed by atoms with Crippen molar-refractivity contribution in [2.75, 3.05) is 5.32 Å². The highest BCUT2D eigenvalue weighted by atomic mass is 35.5. The van der Waals surface area contributed by atoms with Crippen molar-refractivity contribution < 1.29 is 22.9 Å². The van der Waals surface area contributed by atoms with Gasteiger partial charge in [-0.05, 0) is 43.4 Å². The third kappa shape index (κ3) is 4.92. The second-order valence-corrected chi connectivity index (χ2v) is 6.12. The number of rotatable bonds is 3. The van der Waals surface area contributed by atoms with Crippen molar-refractivity contribution in [2.45, 2.75) is 13.1 Å². The summed E-state index contributed by atoms with van der Waals surface area (Å²) in [5, 5.41) is 15.3. The molecule has 2 aromatic rings. The zero-order valence-electron chi connectivity index (χ0n) is 13.6. The molecule has 2 rings (SSSR count). The Morgan fingerprint density at radius 1 is 1.26 bits per heavy atom. The average molecular weight is 418 g/mol. The number of carbonyl (C=O) groups excluding carboxylic acids is 1. The Balaban J connectivity index is 2.18. The first-order valence-electron chi connectivity index (χ1n) is 7.23. The summed E-state index contributed by atoms with van der Waals surface area (Å²) in [6, 6.07) is 6.53. The molecule has 0 saturated heterocycles. The third-order valence-corrected chi connectivity index (χ3v) is 4.05. The Morgan fingerprint density at radius 3 is 2.52 bits per heavy atom. The minimum absolute atomic E-state index is 0.00323. The lowest BCUT2D eigenvalue weighted by molar-refractivity contribution is -0.385. The lowest BCUT2D eigenvalue weighted by Crippen LogP contribution is -2.34. The van der Waals surface area contributed by atoms with Crippen LogP contribution >= 0.6 is 23.8 Å². The summed E-state index contributed by atoms with van der Waals surface area (Å²) in [6.07, 6.45) is -4.58. The number of nitro groups is 1. The largest absolute Gasteiger partial charge is 0.416 e. The number of nitrogens with one attached hydrogen (secondary N) is 2. The number of anilines is 1. The van der Waals surface area contributed by atoms with Crippen LogP contribution in [0.2, 0.25) is 5.02 Å². The molecule has 0 radical (unpaired) electrons. The van der Waals surface area contributed by atoms with Crippen molar-refractivity contribution in [3.05, 3.63) is 68.2 Å². The molecule has 0 atom stereocenters. The number of benzene rings is 2. The summed E-state index contributed by atoms with van der Waals surface area (Å²) in [4.78, 5) is 22.6. The van der Waals surface area contributed by atoms with Gasteiger partial charge in [0.1, 0.15) is 0 Å². The number of alkyl halides is 3. The second kappa shape index (κ2) is 7.89. The Labute approximate surface area is 161 Å². The highest BCUT2D eigenvalue weighted by Gasteiger charge is 2.31. The van der Waals surface area contributed by atoms with Gasteiger partial charge in [-0.1, -0.05) is 17.7 Å². The zero-order valence-corrected chi connectivity index (χ0v) is 15.1. The number of nitrogens with zero attached hydrogens (tertiary/aromatic N) is 1. The molecule has 0 unspecified atom stereocenters. The van der Waals surface area contributed by atoms with E-state index in [9.17, 15) is 28.1 Å². The minimum atomic E-state index is -4.58. The highest BCUT2D eigenvalue weighted by Crippen LogP contribution is 2.33. The number of nitro benzene ring substituents is 1. The Bertz CT molecular complexity index is 935. The van der Waals surface area contributed by atoms with Gasteiger partial charge in [0.05, 0.1) is 21.2 Å². The molecule has 0 aliphatic rings. The van der Waals surface area contributed by atoms with Gasteiger partial charge in [-0.2, -0.15) is 13.2 Å². The molecule has 0 spiro atoms. The molecule has 2 N–H and O–H groups in total. The molecular weight excluding hydrogens is 407 g/mol. The molecule has 0 aliphatic heterocycles. The average Bonchev–Trinajstić information content (AvgIpc) is 2.55. The van der Waals surface area contributed by atoms with Gasteiger partial charge >= 0.3 is 6.18 Å². The first-order valence-corrected chi connectivity index (χ1v) is 8.02. The van der Waals surface area contributed by atoms with Gasteiger partial charge in [0.2, 0.25) is 0 Å². The van der Waals surface area contributed by atoms with Crippen molar-refractivity contribution in [2.24, 2.45) is 0 Å². The van der Waals surface area contributed by atoms with Gasteiger partial charge in [-0.15, -0.1) is 0 Å². The molecule has 0 saturated carbocycles. The molecular formula is C16H11ClF3N3O3S. The van der Waals surface area contributed by atoms with Crippen LogP contribution in [0.15, 0.2) is 36.4 Å². The summed E-state index contributed by atoms with van der Waals surface area (Å²) >= 11 is 10.8. The molecule has 0 aromatic heterocycles. The molecule has 2 aromatic carbocycles. The number of amides is 1. The number of carbonyl (C=O) groups is 1. The SMILES string of the molecule is Cc1c(C(=O)NC(=S)Nc2cc(C(F)(F)F)ccc2Cl)cccc1[N+](=O)[O-]. The van der Waals surface area contributed by atoms with E-state index >= 15 is 0 Å². The predicted molar refractivity (Wildman–Crippen MR) is 98.0 cm³/mol. The quantitative estimate of drug-likeness (QED) is 0.429. The molecule has 0 bridgehead atoms.